The van der Waals surface area contributed by atoms with Crippen molar-refractivity contribution in [1.82, 2.24) is 5.06 Å². The minimum absolute atomic E-state index is 0.182. The van der Waals surface area contributed by atoms with Gasteiger partial charge < -0.3 is 9.84 Å². The van der Waals surface area contributed by atoms with Crippen LogP contribution in [0.5, 0.6) is 0 Å². The van der Waals surface area contributed by atoms with Crippen LogP contribution in [0.2, 0.25) is 0 Å². The summed E-state index contributed by atoms with van der Waals surface area (Å²) in [5.41, 5.74) is -0.212. The highest BCUT2D eigenvalue weighted by molar-refractivity contribution is 5.89. The molecule has 0 bridgehead atoms. The van der Waals surface area contributed by atoms with Crippen LogP contribution >= 0.6 is 0 Å². The second-order valence-corrected chi connectivity index (χ2v) is 6.52. The second kappa shape index (κ2) is 9.78. The zero-order chi connectivity index (χ0) is 18.9. The molecule has 0 aromatic heterocycles. The number of hydrogen-bond acceptors (Lipinski definition) is 5. The molecule has 1 aromatic rings. The lowest BCUT2D eigenvalue weighted by Crippen LogP contribution is -2.44. The number of carboxylic acids is 1. The number of esters is 1. The maximum absolute atomic E-state index is 11.8. The molecule has 1 rings (SSSR count). The number of aliphatic carboxylic acids is 1. The van der Waals surface area contributed by atoms with E-state index in [1.54, 1.807) is 51.1 Å². The lowest BCUT2D eigenvalue weighted by molar-refractivity contribution is -0.235. The first-order valence-corrected chi connectivity index (χ1v) is 8.12. The average molecular weight is 351 g/mol. The monoisotopic (exact) mass is 351 g/mol. The van der Waals surface area contributed by atoms with E-state index in [0.29, 0.717) is 24.8 Å². The first-order valence-electron chi connectivity index (χ1n) is 8.12. The Morgan fingerprint density at radius 3 is 2.36 bits per heavy atom. The predicted molar refractivity (Wildman–Crippen MR) is 90.7 cm³/mol. The van der Waals surface area contributed by atoms with Crippen molar-refractivity contribution in [2.45, 2.75) is 51.7 Å². The average Bonchev–Trinajstić information content (AvgIpc) is 2.55. The van der Waals surface area contributed by atoms with Gasteiger partial charge in [0.15, 0.2) is 6.04 Å². The molecule has 1 aromatic carbocycles. The Balaban J connectivity index is 2.41. The van der Waals surface area contributed by atoms with Gasteiger partial charge in [-0.3, -0.25) is 9.63 Å². The van der Waals surface area contributed by atoms with Crippen LogP contribution in [0.1, 0.15) is 50.4 Å². The zero-order valence-electron chi connectivity index (χ0n) is 14.8. The predicted octanol–water partition coefficient (Wildman–Crippen LogP) is 2.66. The fourth-order valence-electron chi connectivity index (χ4n) is 2.10. The zero-order valence-corrected chi connectivity index (χ0v) is 14.8. The molecule has 0 radical (unpaired) electrons. The summed E-state index contributed by atoms with van der Waals surface area (Å²) in [6.45, 7) is 5.36. The van der Waals surface area contributed by atoms with Gasteiger partial charge in [0.05, 0.1) is 17.8 Å². The van der Waals surface area contributed by atoms with Crippen LogP contribution in [-0.2, 0) is 19.2 Å². The molecule has 0 aliphatic rings. The van der Waals surface area contributed by atoms with E-state index in [1.165, 1.54) is 0 Å². The Labute approximate surface area is 147 Å². The van der Waals surface area contributed by atoms with E-state index in [1.807, 2.05) is 0 Å². The Bertz CT molecular complexity index is 567. The minimum Gasteiger partial charge on any atom is -0.480 e. The summed E-state index contributed by atoms with van der Waals surface area (Å²) in [7, 11) is 0. The molecule has 0 saturated heterocycles. The van der Waals surface area contributed by atoms with Gasteiger partial charge in [-0.25, -0.2) is 14.7 Å². The van der Waals surface area contributed by atoms with Gasteiger partial charge in [0.25, 0.3) is 0 Å². The van der Waals surface area contributed by atoms with Crippen molar-refractivity contribution >= 4 is 18.3 Å². The van der Waals surface area contributed by atoms with E-state index in [9.17, 15) is 19.5 Å². The van der Waals surface area contributed by atoms with Crippen molar-refractivity contribution in [3.05, 3.63) is 35.9 Å². The van der Waals surface area contributed by atoms with Crippen molar-refractivity contribution in [1.29, 1.82) is 0 Å². The Kier molecular flexibility index (Phi) is 8.07. The van der Waals surface area contributed by atoms with E-state index in [2.05, 4.69) is 0 Å². The van der Waals surface area contributed by atoms with Crippen LogP contribution in [0.25, 0.3) is 0 Å². The molecular formula is C18H25NO6. The SMILES string of the molecule is CC(C)(C)ON(C=O)[C@@H](CCCCOC(=O)c1ccccc1)C(=O)O. The van der Waals surface area contributed by atoms with E-state index < -0.39 is 23.6 Å². The van der Waals surface area contributed by atoms with Crippen molar-refractivity contribution in [3.63, 3.8) is 0 Å². The van der Waals surface area contributed by atoms with Gasteiger partial charge in [-0.05, 0) is 52.2 Å². The third-order valence-corrected chi connectivity index (χ3v) is 3.19. The molecular weight excluding hydrogens is 326 g/mol. The topological polar surface area (TPSA) is 93.1 Å². The third-order valence-electron chi connectivity index (χ3n) is 3.19. The summed E-state index contributed by atoms with van der Waals surface area (Å²) in [6, 6.07) is 7.54. The maximum atomic E-state index is 11.8. The smallest absolute Gasteiger partial charge is 0.338 e. The Morgan fingerprint density at radius 2 is 1.84 bits per heavy atom. The number of nitrogens with zero attached hydrogens (tertiary/aromatic N) is 1. The summed E-state index contributed by atoms with van der Waals surface area (Å²) < 4.78 is 5.14. The van der Waals surface area contributed by atoms with Gasteiger partial charge in [-0.2, -0.15) is 0 Å². The summed E-state index contributed by atoms with van der Waals surface area (Å²) >= 11 is 0. The highest BCUT2D eigenvalue weighted by Gasteiger charge is 2.28. The van der Waals surface area contributed by atoms with Crippen LogP contribution in [0.4, 0.5) is 0 Å². The van der Waals surface area contributed by atoms with Gasteiger partial charge in [-0.15, -0.1) is 0 Å². The molecule has 138 valence electrons. The fourth-order valence-corrected chi connectivity index (χ4v) is 2.10. The molecule has 0 spiro atoms. The molecule has 25 heavy (non-hydrogen) atoms. The van der Waals surface area contributed by atoms with Crippen LogP contribution in [0.15, 0.2) is 30.3 Å². The van der Waals surface area contributed by atoms with Crippen molar-refractivity contribution in [2.75, 3.05) is 6.61 Å². The molecule has 0 unspecified atom stereocenters. The summed E-state index contributed by atoms with van der Waals surface area (Å²) in [6.07, 6.45) is 1.54. The molecule has 0 saturated carbocycles. The molecule has 0 heterocycles. The number of amides is 1. The first kappa shape index (κ1) is 20.6. The molecule has 0 aliphatic heterocycles. The fraction of sp³-hybridized carbons (Fsp3) is 0.500. The molecule has 0 aliphatic carbocycles. The summed E-state index contributed by atoms with van der Waals surface area (Å²) in [4.78, 5) is 39.6. The molecule has 7 nitrogen and oxygen atoms in total. The number of ether oxygens (including phenoxy) is 1. The number of hydrogen-bond donors (Lipinski definition) is 1. The lowest BCUT2D eigenvalue weighted by atomic mass is 10.1. The molecule has 7 heteroatoms. The second-order valence-electron chi connectivity index (χ2n) is 6.52. The molecule has 1 N–H and O–H groups in total. The Hall–Kier alpha value is -2.41. The number of carbonyl (C=O) groups excluding carboxylic acids is 2. The van der Waals surface area contributed by atoms with Crippen LogP contribution in [0.3, 0.4) is 0 Å². The summed E-state index contributed by atoms with van der Waals surface area (Å²) in [5.74, 6) is -1.56. The normalized spacial score (nSPS) is 12.3. The largest absolute Gasteiger partial charge is 0.480 e. The van der Waals surface area contributed by atoms with Crippen LogP contribution in [-0.4, -0.2) is 46.8 Å². The summed E-state index contributed by atoms with van der Waals surface area (Å²) in [5, 5.41) is 10.1. The van der Waals surface area contributed by atoms with Crippen LogP contribution in [0, 0.1) is 0 Å². The van der Waals surface area contributed by atoms with E-state index in [4.69, 9.17) is 9.57 Å². The van der Waals surface area contributed by atoms with E-state index in [0.717, 1.165) is 5.06 Å². The number of unbranched alkanes of at least 4 members (excludes halogenated alkanes) is 1. The Morgan fingerprint density at radius 1 is 1.20 bits per heavy atom. The number of rotatable bonds is 10. The lowest BCUT2D eigenvalue weighted by Gasteiger charge is -2.30. The maximum Gasteiger partial charge on any atom is 0.338 e. The van der Waals surface area contributed by atoms with Crippen molar-refractivity contribution < 1.29 is 29.1 Å². The molecule has 1 atom stereocenters. The van der Waals surface area contributed by atoms with Crippen molar-refractivity contribution in [3.8, 4) is 0 Å². The standard InChI is InChI=1S/C18H25NO6/c1-18(2,3)25-19(13-20)15(16(21)22)11-7-8-12-24-17(23)14-9-5-4-6-10-14/h4-6,9-10,13,15H,7-8,11-12H2,1-3H3,(H,21,22)/t15-/m0/s1. The van der Waals surface area contributed by atoms with Gasteiger partial charge in [0.2, 0.25) is 6.41 Å². The number of carbonyl (C=O) groups is 3. The highest BCUT2D eigenvalue weighted by Crippen LogP contribution is 2.15. The number of hydroxylamine groups is 2. The number of carboxylic acid groups (broad SMARTS) is 1. The highest BCUT2D eigenvalue weighted by atomic mass is 16.7. The van der Waals surface area contributed by atoms with Gasteiger partial charge in [-0.1, -0.05) is 18.2 Å². The first-order chi connectivity index (χ1) is 11.7. The minimum atomic E-state index is -1.14. The van der Waals surface area contributed by atoms with Gasteiger partial charge in [0, 0.05) is 0 Å². The van der Waals surface area contributed by atoms with Gasteiger partial charge in [0.1, 0.15) is 0 Å². The molecule has 0 fully saturated rings. The van der Waals surface area contributed by atoms with E-state index >= 15 is 0 Å². The van der Waals surface area contributed by atoms with Crippen molar-refractivity contribution in [2.24, 2.45) is 0 Å². The third kappa shape index (κ3) is 7.80. The van der Waals surface area contributed by atoms with Gasteiger partial charge >= 0.3 is 11.9 Å². The quantitative estimate of drug-likeness (QED) is 0.301. The van der Waals surface area contributed by atoms with Crippen LogP contribution < -0.4 is 0 Å². The number of benzene rings is 1. The van der Waals surface area contributed by atoms with E-state index in [-0.39, 0.29) is 13.0 Å². The molecule has 1 amide bonds.